The number of hydrogen-bond donors (Lipinski definition) is 2. The lowest BCUT2D eigenvalue weighted by atomic mass is 10.2. The number of amides is 1. The van der Waals surface area contributed by atoms with Crippen LogP contribution in [0.25, 0.3) is 10.9 Å². The number of aromatic nitrogens is 2. The van der Waals surface area contributed by atoms with Crippen molar-refractivity contribution in [2.45, 2.75) is 11.4 Å². The Hall–Kier alpha value is -3.69. The zero-order valence-corrected chi connectivity index (χ0v) is 18.4. The minimum absolute atomic E-state index is 0.0728. The Labute approximate surface area is 185 Å². The second kappa shape index (κ2) is 8.81. The quantitative estimate of drug-likeness (QED) is 0.447. The van der Waals surface area contributed by atoms with Crippen LogP contribution in [0.5, 0.6) is 5.75 Å². The summed E-state index contributed by atoms with van der Waals surface area (Å²) in [5, 5.41) is 10.5. The second-order valence-corrected chi connectivity index (χ2v) is 9.25. The lowest BCUT2D eigenvalue weighted by molar-refractivity contribution is 0.102. The summed E-state index contributed by atoms with van der Waals surface area (Å²) in [7, 11) is -1.03. The van der Waals surface area contributed by atoms with Crippen LogP contribution < -0.4 is 10.1 Å². The van der Waals surface area contributed by atoms with Crippen molar-refractivity contribution < 1.29 is 17.9 Å². The fraction of sp³-hybridized carbons (Fsp3) is 0.130. The largest absolute Gasteiger partial charge is 0.495 e. The molecule has 0 atom stereocenters. The van der Waals surface area contributed by atoms with E-state index in [9.17, 15) is 13.2 Å². The summed E-state index contributed by atoms with van der Waals surface area (Å²) >= 11 is 0. The van der Waals surface area contributed by atoms with Crippen molar-refractivity contribution in [2.75, 3.05) is 19.5 Å². The monoisotopic (exact) mass is 450 g/mol. The molecule has 1 aromatic heterocycles. The Morgan fingerprint density at radius 3 is 2.62 bits per heavy atom. The van der Waals surface area contributed by atoms with Crippen LogP contribution in [0.3, 0.4) is 0 Å². The van der Waals surface area contributed by atoms with Crippen LogP contribution >= 0.6 is 0 Å². The Morgan fingerprint density at radius 1 is 1.09 bits per heavy atom. The van der Waals surface area contributed by atoms with Crippen molar-refractivity contribution in [3.63, 3.8) is 0 Å². The topological polar surface area (TPSA) is 104 Å². The lowest BCUT2D eigenvalue weighted by Gasteiger charge is -2.19. The number of hydrogen-bond acceptors (Lipinski definition) is 5. The maximum Gasteiger partial charge on any atom is 0.255 e. The molecular weight excluding hydrogens is 428 g/mol. The van der Waals surface area contributed by atoms with Gasteiger partial charge in [-0.15, -0.1) is 0 Å². The van der Waals surface area contributed by atoms with Crippen molar-refractivity contribution in [3.05, 3.63) is 84.1 Å². The minimum atomic E-state index is -3.91. The van der Waals surface area contributed by atoms with Gasteiger partial charge in [0.15, 0.2) is 0 Å². The molecule has 0 saturated heterocycles. The van der Waals surface area contributed by atoms with E-state index in [4.69, 9.17) is 4.74 Å². The Kier molecular flexibility index (Phi) is 5.93. The van der Waals surface area contributed by atoms with Crippen LogP contribution in [0.1, 0.15) is 15.9 Å². The number of anilines is 1. The van der Waals surface area contributed by atoms with Crippen molar-refractivity contribution in [1.82, 2.24) is 14.5 Å². The third-order valence-corrected chi connectivity index (χ3v) is 6.88. The normalized spacial score (nSPS) is 11.6. The van der Waals surface area contributed by atoms with Gasteiger partial charge in [0.05, 0.1) is 18.8 Å². The molecule has 0 fully saturated rings. The molecule has 0 aliphatic heterocycles. The van der Waals surface area contributed by atoms with Crippen molar-refractivity contribution >= 4 is 32.5 Å². The van der Waals surface area contributed by atoms with E-state index in [-0.39, 0.29) is 22.8 Å². The first kappa shape index (κ1) is 21.5. The predicted octanol–water partition coefficient (Wildman–Crippen LogP) is 3.64. The number of nitrogens with zero attached hydrogens (tertiary/aromatic N) is 2. The highest BCUT2D eigenvalue weighted by Crippen LogP contribution is 2.29. The van der Waals surface area contributed by atoms with Crippen LogP contribution in [0.4, 0.5) is 5.69 Å². The van der Waals surface area contributed by atoms with Gasteiger partial charge in [-0.05, 0) is 42.0 Å². The average molecular weight is 451 g/mol. The number of fused-ring (bicyclic) bond motifs is 1. The SMILES string of the molecule is COc1ccc(C(=O)Nc2ccc3[nH]ncc3c2)cc1S(=O)(=O)N(C)Cc1ccccc1. The Bertz CT molecular complexity index is 1370. The number of carbonyl (C=O) groups excluding carboxylic acids is 1. The van der Waals surface area contributed by atoms with Gasteiger partial charge < -0.3 is 10.1 Å². The molecule has 1 amide bonds. The molecule has 0 saturated carbocycles. The first-order valence-electron chi connectivity index (χ1n) is 9.81. The van der Waals surface area contributed by atoms with Gasteiger partial charge in [-0.25, -0.2) is 8.42 Å². The molecule has 4 aromatic rings. The molecule has 164 valence electrons. The molecular formula is C23H22N4O4S. The smallest absolute Gasteiger partial charge is 0.255 e. The Morgan fingerprint density at radius 2 is 1.88 bits per heavy atom. The number of methoxy groups -OCH3 is 1. The van der Waals surface area contributed by atoms with Crippen LogP contribution in [0.2, 0.25) is 0 Å². The Balaban J connectivity index is 1.61. The molecule has 0 radical (unpaired) electrons. The van der Waals surface area contributed by atoms with E-state index >= 15 is 0 Å². The number of rotatable bonds is 7. The average Bonchev–Trinajstić information content (AvgIpc) is 3.27. The molecule has 1 heterocycles. The number of aromatic amines is 1. The molecule has 4 rings (SSSR count). The van der Waals surface area contributed by atoms with Crippen LogP contribution in [-0.2, 0) is 16.6 Å². The molecule has 0 unspecified atom stereocenters. The summed E-state index contributed by atoms with van der Waals surface area (Å²) < 4.78 is 33.0. The highest BCUT2D eigenvalue weighted by atomic mass is 32.2. The number of H-pyrrole nitrogens is 1. The summed E-state index contributed by atoms with van der Waals surface area (Å²) in [5.41, 5.74) is 2.47. The maximum atomic E-state index is 13.3. The van der Waals surface area contributed by atoms with E-state index in [1.807, 2.05) is 30.3 Å². The maximum absolute atomic E-state index is 13.3. The summed E-state index contributed by atoms with van der Waals surface area (Å²) in [4.78, 5) is 12.8. The van der Waals surface area contributed by atoms with Gasteiger partial charge in [-0.1, -0.05) is 30.3 Å². The number of ether oxygens (including phenoxy) is 1. The van der Waals surface area contributed by atoms with Crippen LogP contribution in [-0.4, -0.2) is 43.0 Å². The number of benzene rings is 3. The standard InChI is InChI=1S/C23H22N4O4S/c1-27(15-16-6-4-3-5-7-16)32(29,30)22-13-17(8-11-21(22)31-2)23(28)25-19-9-10-20-18(12-19)14-24-26-20/h3-14H,15H2,1-2H3,(H,24,26)(H,25,28). The van der Waals surface area contributed by atoms with E-state index in [2.05, 4.69) is 15.5 Å². The molecule has 3 aromatic carbocycles. The molecule has 8 nitrogen and oxygen atoms in total. The van der Waals surface area contributed by atoms with Gasteiger partial charge in [-0.3, -0.25) is 9.89 Å². The number of sulfonamides is 1. The predicted molar refractivity (Wildman–Crippen MR) is 122 cm³/mol. The highest BCUT2D eigenvalue weighted by Gasteiger charge is 2.26. The van der Waals surface area contributed by atoms with Gasteiger partial charge in [0.1, 0.15) is 10.6 Å². The summed E-state index contributed by atoms with van der Waals surface area (Å²) in [6.07, 6.45) is 1.66. The van der Waals surface area contributed by atoms with Gasteiger partial charge >= 0.3 is 0 Å². The fourth-order valence-corrected chi connectivity index (χ4v) is 4.67. The fourth-order valence-electron chi connectivity index (χ4n) is 3.34. The van der Waals surface area contributed by atoms with E-state index in [1.165, 1.54) is 36.7 Å². The van der Waals surface area contributed by atoms with Gasteiger partial charge in [-0.2, -0.15) is 9.40 Å². The summed E-state index contributed by atoms with van der Waals surface area (Å²) in [5.74, 6) is -0.265. The van der Waals surface area contributed by atoms with Gasteiger partial charge in [0.2, 0.25) is 10.0 Å². The minimum Gasteiger partial charge on any atom is -0.495 e. The third-order valence-electron chi connectivity index (χ3n) is 5.06. The first-order chi connectivity index (χ1) is 15.4. The number of nitrogens with one attached hydrogen (secondary N) is 2. The van der Waals surface area contributed by atoms with Crippen LogP contribution in [0.15, 0.2) is 77.8 Å². The molecule has 0 spiro atoms. The van der Waals surface area contributed by atoms with Crippen LogP contribution in [0, 0.1) is 0 Å². The second-order valence-electron chi connectivity index (χ2n) is 7.24. The highest BCUT2D eigenvalue weighted by molar-refractivity contribution is 7.89. The van der Waals surface area contributed by atoms with Crippen molar-refractivity contribution in [1.29, 1.82) is 0 Å². The zero-order chi connectivity index (χ0) is 22.7. The van der Waals surface area contributed by atoms with Gasteiger partial charge in [0.25, 0.3) is 5.91 Å². The summed E-state index contributed by atoms with van der Waals surface area (Å²) in [6, 6.07) is 18.9. The van der Waals surface area contributed by atoms with Crippen molar-refractivity contribution in [2.24, 2.45) is 0 Å². The number of carbonyl (C=O) groups is 1. The molecule has 0 aliphatic rings. The lowest BCUT2D eigenvalue weighted by Crippen LogP contribution is -2.27. The van der Waals surface area contributed by atoms with E-state index in [1.54, 1.807) is 24.4 Å². The van der Waals surface area contributed by atoms with Crippen molar-refractivity contribution in [3.8, 4) is 5.75 Å². The summed E-state index contributed by atoms with van der Waals surface area (Å²) in [6.45, 7) is 0.188. The molecule has 0 bridgehead atoms. The van der Waals surface area contributed by atoms with E-state index < -0.39 is 15.9 Å². The third kappa shape index (κ3) is 4.34. The zero-order valence-electron chi connectivity index (χ0n) is 17.6. The molecule has 32 heavy (non-hydrogen) atoms. The van der Waals surface area contributed by atoms with Gasteiger partial charge in [0, 0.05) is 30.2 Å². The first-order valence-corrected chi connectivity index (χ1v) is 11.3. The van der Waals surface area contributed by atoms with E-state index in [0.29, 0.717) is 5.69 Å². The van der Waals surface area contributed by atoms with E-state index in [0.717, 1.165) is 16.5 Å². The molecule has 9 heteroatoms. The molecule has 0 aliphatic carbocycles. The molecule has 2 N–H and O–H groups in total.